The van der Waals surface area contributed by atoms with Crippen LogP contribution in [-0.4, -0.2) is 5.78 Å². The molecule has 2 saturated carbocycles. The topological polar surface area (TPSA) is 17.1 Å². The first-order valence-corrected chi connectivity index (χ1v) is 8.26. The maximum Gasteiger partial charge on any atom is 0.141 e. The molecule has 3 atom stereocenters. The molecule has 0 bridgehead atoms. The molecule has 1 aromatic rings. The monoisotopic (exact) mass is 262 g/mol. The maximum absolute atomic E-state index is 12.3. The summed E-state index contributed by atoms with van der Waals surface area (Å²) in [4.78, 5) is 13.6. The Kier molecular flexibility index (Phi) is 3.83. The van der Waals surface area contributed by atoms with E-state index in [1.54, 1.807) is 11.3 Å². The zero-order valence-electron chi connectivity index (χ0n) is 10.9. The van der Waals surface area contributed by atoms with Gasteiger partial charge in [0.05, 0.1) is 0 Å². The van der Waals surface area contributed by atoms with Crippen LogP contribution in [0.4, 0.5) is 0 Å². The van der Waals surface area contributed by atoms with E-state index in [4.69, 9.17) is 0 Å². The quantitative estimate of drug-likeness (QED) is 0.785. The van der Waals surface area contributed by atoms with Gasteiger partial charge in [-0.15, -0.1) is 11.3 Å². The molecule has 98 valence electrons. The average Bonchev–Trinajstić information content (AvgIpc) is 2.91. The molecule has 1 nitrogen and oxygen atoms in total. The van der Waals surface area contributed by atoms with Crippen molar-refractivity contribution in [3.8, 4) is 0 Å². The molecule has 0 aliphatic heterocycles. The number of hydrogen-bond donors (Lipinski definition) is 0. The number of fused-ring (bicyclic) bond motifs is 1. The second-order valence-electron chi connectivity index (χ2n) is 6.04. The van der Waals surface area contributed by atoms with E-state index in [1.807, 2.05) is 6.07 Å². The zero-order chi connectivity index (χ0) is 12.4. The van der Waals surface area contributed by atoms with E-state index >= 15 is 0 Å². The zero-order valence-corrected chi connectivity index (χ0v) is 11.8. The van der Waals surface area contributed by atoms with Crippen molar-refractivity contribution >= 4 is 17.1 Å². The van der Waals surface area contributed by atoms with Gasteiger partial charge in [-0.25, -0.2) is 0 Å². The molecule has 0 aromatic carbocycles. The highest BCUT2D eigenvalue weighted by atomic mass is 32.1. The first-order chi connectivity index (χ1) is 8.83. The molecule has 0 saturated heterocycles. The minimum atomic E-state index is 0.367. The van der Waals surface area contributed by atoms with Gasteiger partial charge in [0.15, 0.2) is 0 Å². The summed E-state index contributed by atoms with van der Waals surface area (Å²) in [7, 11) is 0. The predicted octanol–water partition coefficient (Wildman–Crippen LogP) is 4.47. The summed E-state index contributed by atoms with van der Waals surface area (Å²) < 4.78 is 0. The van der Waals surface area contributed by atoms with Crippen LogP contribution in [-0.2, 0) is 11.2 Å². The van der Waals surface area contributed by atoms with Crippen molar-refractivity contribution in [2.75, 3.05) is 0 Å². The number of Topliss-reactive ketones (excluding diaryl/α,β-unsaturated/α-hetero) is 1. The van der Waals surface area contributed by atoms with Gasteiger partial charge in [0.25, 0.3) is 0 Å². The summed E-state index contributed by atoms with van der Waals surface area (Å²) in [6.45, 7) is 0. The fourth-order valence-corrected chi connectivity index (χ4v) is 4.61. The van der Waals surface area contributed by atoms with Crippen LogP contribution in [0.2, 0.25) is 0 Å². The van der Waals surface area contributed by atoms with Crippen LogP contribution in [0.3, 0.4) is 0 Å². The molecule has 1 aromatic heterocycles. The lowest BCUT2D eigenvalue weighted by molar-refractivity contribution is -0.124. The van der Waals surface area contributed by atoms with E-state index < -0.39 is 0 Å². The van der Waals surface area contributed by atoms with Crippen molar-refractivity contribution in [3.05, 3.63) is 22.4 Å². The molecule has 3 rings (SSSR count). The summed E-state index contributed by atoms with van der Waals surface area (Å²) in [6, 6.07) is 4.14. The van der Waals surface area contributed by atoms with Crippen LogP contribution in [0.1, 0.15) is 49.8 Å². The second kappa shape index (κ2) is 5.56. The number of rotatable bonds is 3. The van der Waals surface area contributed by atoms with Crippen molar-refractivity contribution in [2.24, 2.45) is 17.8 Å². The highest BCUT2D eigenvalue weighted by Crippen LogP contribution is 2.43. The Morgan fingerprint density at radius 1 is 1.17 bits per heavy atom. The van der Waals surface area contributed by atoms with Crippen LogP contribution < -0.4 is 0 Å². The van der Waals surface area contributed by atoms with Gasteiger partial charge >= 0.3 is 0 Å². The minimum Gasteiger partial charge on any atom is -0.299 e. The third-order valence-corrected chi connectivity index (χ3v) is 5.80. The van der Waals surface area contributed by atoms with E-state index in [9.17, 15) is 4.79 Å². The van der Waals surface area contributed by atoms with Crippen molar-refractivity contribution in [1.29, 1.82) is 0 Å². The average molecular weight is 262 g/mol. The lowest BCUT2D eigenvalue weighted by Crippen LogP contribution is -2.31. The van der Waals surface area contributed by atoms with E-state index in [1.165, 1.54) is 43.4 Å². The predicted molar refractivity (Wildman–Crippen MR) is 75.8 cm³/mol. The molecule has 0 radical (unpaired) electrons. The molecule has 3 unspecified atom stereocenters. The van der Waals surface area contributed by atoms with Crippen LogP contribution >= 0.6 is 11.3 Å². The van der Waals surface area contributed by atoms with Gasteiger partial charge in [0.2, 0.25) is 0 Å². The Bertz CT molecular complexity index is 395. The molecule has 2 fully saturated rings. The third-order valence-electron chi connectivity index (χ3n) is 4.92. The highest BCUT2D eigenvalue weighted by Gasteiger charge is 2.34. The SMILES string of the molecule is O=C(Cc1cccs1)C1CCC2CCCCC2C1. The molecule has 2 aliphatic carbocycles. The fraction of sp³-hybridized carbons (Fsp3) is 0.688. The maximum atomic E-state index is 12.3. The molecule has 0 spiro atoms. The molecule has 0 amide bonds. The molecule has 1 heterocycles. The Hall–Kier alpha value is -0.630. The lowest BCUT2D eigenvalue weighted by atomic mass is 9.66. The van der Waals surface area contributed by atoms with E-state index in [2.05, 4.69) is 11.4 Å². The van der Waals surface area contributed by atoms with Crippen LogP contribution in [0.5, 0.6) is 0 Å². The number of ketones is 1. The molecular formula is C16H22OS. The number of thiophene rings is 1. The van der Waals surface area contributed by atoms with Gasteiger partial charge in [-0.3, -0.25) is 4.79 Å². The molecule has 0 N–H and O–H groups in total. The summed E-state index contributed by atoms with van der Waals surface area (Å²) in [5, 5.41) is 2.07. The van der Waals surface area contributed by atoms with Gasteiger partial charge < -0.3 is 0 Å². The normalized spacial score (nSPS) is 31.9. The van der Waals surface area contributed by atoms with Crippen LogP contribution in [0.15, 0.2) is 17.5 Å². The molecular weight excluding hydrogens is 240 g/mol. The Morgan fingerprint density at radius 2 is 2.00 bits per heavy atom. The Morgan fingerprint density at radius 3 is 2.78 bits per heavy atom. The standard InChI is InChI=1S/C16H22OS/c17-16(11-15-6-3-9-18-15)14-8-7-12-4-1-2-5-13(12)10-14/h3,6,9,12-14H,1-2,4-5,7-8,10-11H2. The summed E-state index contributed by atoms with van der Waals surface area (Å²) in [5.74, 6) is 2.68. The van der Waals surface area contributed by atoms with Crippen molar-refractivity contribution < 1.29 is 4.79 Å². The summed E-state index contributed by atoms with van der Waals surface area (Å²) in [6.07, 6.45) is 9.97. The smallest absolute Gasteiger partial charge is 0.141 e. The Labute approximate surface area is 114 Å². The van der Waals surface area contributed by atoms with E-state index in [-0.39, 0.29) is 0 Å². The first kappa shape index (κ1) is 12.4. The number of carbonyl (C=O) groups excluding carboxylic acids is 1. The summed E-state index contributed by atoms with van der Waals surface area (Å²) in [5.41, 5.74) is 0. The molecule has 18 heavy (non-hydrogen) atoms. The van der Waals surface area contributed by atoms with Gasteiger partial charge in [-0.2, -0.15) is 0 Å². The van der Waals surface area contributed by atoms with E-state index in [0.29, 0.717) is 18.1 Å². The third kappa shape index (κ3) is 2.69. The highest BCUT2D eigenvalue weighted by molar-refractivity contribution is 7.10. The first-order valence-electron chi connectivity index (χ1n) is 7.38. The largest absolute Gasteiger partial charge is 0.299 e. The Balaban J connectivity index is 1.58. The molecule has 2 aliphatic rings. The van der Waals surface area contributed by atoms with Gasteiger partial charge in [0.1, 0.15) is 5.78 Å². The van der Waals surface area contributed by atoms with Crippen LogP contribution in [0, 0.1) is 17.8 Å². The van der Waals surface area contributed by atoms with Crippen molar-refractivity contribution in [1.82, 2.24) is 0 Å². The minimum absolute atomic E-state index is 0.367. The number of carbonyl (C=O) groups is 1. The van der Waals surface area contributed by atoms with Crippen LogP contribution in [0.25, 0.3) is 0 Å². The van der Waals surface area contributed by atoms with Gasteiger partial charge in [-0.1, -0.05) is 31.7 Å². The lowest BCUT2D eigenvalue weighted by Gasteiger charge is -2.38. The van der Waals surface area contributed by atoms with Crippen molar-refractivity contribution in [3.63, 3.8) is 0 Å². The number of hydrogen-bond acceptors (Lipinski definition) is 2. The molecule has 2 heteroatoms. The van der Waals surface area contributed by atoms with Gasteiger partial charge in [0, 0.05) is 17.2 Å². The second-order valence-corrected chi connectivity index (χ2v) is 7.07. The fourth-order valence-electron chi connectivity index (χ4n) is 3.90. The summed E-state index contributed by atoms with van der Waals surface area (Å²) >= 11 is 1.72. The van der Waals surface area contributed by atoms with E-state index in [0.717, 1.165) is 18.3 Å². The van der Waals surface area contributed by atoms with Gasteiger partial charge in [-0.05, 0) is 42.5 Å². The van der Waals surface area contributed by atoms with Crippen molar-refractivity contribution in [2.45, 2.75) is 51.4 Å².